The van der Waals surface area contributed by atoms with Gasteiger partial charge in [0.1, 0.15) is 0 Å². The van der Waals surface area contributed by atoms with Crippen LogP contribution in [0.1, 0.15) is 17.5 Å². The Kier molecular flexibility index (Phi) is 3.69. The summed E-state index contributed by atoms with van der Waals surface area (Å²) in [5, 5.41) is 4.12. The molecule has 0 fully saturated rings. The van der Waals surface area contributed by atoms with Crippen LogP contribution in [-0.4, -0.2) is 15.9 Å². The van der Waals surface area contributed by atoms with Crippen LogP contribution in [0.4, 0.5) is 5.69 Å². The third-order valence-electron chi connectivity index (χ3n) is 3.59. The van der Waals surface area contributed by atoms with Gasteiger partial charge in [-0.1, -0.05) is 18.2 Å². The highest BCUT2D eigenvalue weighted by Gasteiger charge is 2.08. The molecule has 0 spiro atoms. The average molecular weight is 279 g/mol. The molecule has 0 unspecified atom stereocenters. The van der Waals surface area contributed by atoms with Gasteiger partial charge in [0.15, 0.2) is 0 Å². The minimum atomic E-state index is 0.0228. The molecule has 4 nitrogen and oxygen atoms in total. The maximum atomic E-state index is 12.1. The van der Waals surface area contributed by atoms with E-state index in [0.717, 1.165) is 23.2 Å². The molecule has 3 aromatic rings. The van der Waals surface area contributed by atoms with Gasteiger partial charge in [0, 0.05) is 41.6 Å². The summed E-state index contributed by atoms with van der Waals surface area (Å²) in [6.45, 7) is 1.93. The van der Waals surface area contributed by atoms with E-state index in [0.29, 0.717) is 6.42 Å². The van der Waals surface area contributed by atoms with Gasteiger partial charge in [-0.25, -0.2) is 0 Å². The molecule has 2 N–H and O–H groups in total. The zero-order chi connectivity index (χ0) is 14.7. The molecule has 0 radical (unpaired) electrons. The summed E-state index contributed by atoms with van der Waals surface area (Å²) < 4.78 is 0. The molecule has 0 aliphatic carbocycles. The third kappa shape index (κ3) is 2.94. The SMILES string of the molecule is Cc1cnccc1NC(=O)CCc1c[nH]c2ccccc12. The lowest BCUT2D eigenvalue weighted by Crippen LogP contribution is -2.13. The molecule has 0 saturated carbocycles. The number of para-hydroxylation sites is 1. The first kappa shape index (κ1) is 13.4. The number of hydrogen-bond acceptors (Lipinski definition) is 2. The standard InChI is InChI=1S/C17H17N3O/c1-12-10-18-9-8-15(12)20-17(21)7-6-13-11-19-16-5-3-2-4-14(13)16/h2-5,8-11,19H,6-7H2,1H3,(H,18,20,21). The third-order valence-corrected chi connectivity index (χ3v) is 3.59. The van der Waals surface area contributed by atoms with Crippen LogP contribution in [0.3, 0.4) is 0 Å². The molecule has 21 heavy (non-hydrogen) atoms. The van der Waals surface area contributed by atoms with Crippen molar-refractivity contribution in [1.82, 2.24) is 9.97 Å². The van der Waals surface area contributed by atoms with Crippen LogP contribution in [0.15, 0.2) is 48.9 Å². The van der Waals surface area contributed by atoms with Gasteiger partial charge < -0.3 is 10.3 Å². The Hall–Kier alpha value is -2.62. The first-order valence-corrected chi connectivity index (χ1v) is 6.99. The number of fused-ring (bicyclic) bond motifs is 1. The van der Waals surface area contributed by atoms with Crippen molar-refractivity contribution in [2.45, 2.75) is 19.8 Å². The van der Waals surface area contributed by atoms with Gasteiger partial charge >= 0.3 is 0 Å². The van der Waals surface area contributed by atoms with E-state index in [9.17, 15) is 4.79 Å². The summed E-state index contributed by atoms with van der Waals surface area (Å²) in [6.07, 6.45) is 6.59. The fourth-order valence-electron chi connectivity index (χ4n) is 2.41. The Bertz CT molecular complexity index is 776. The molecule has 0 atom stereocenters. The molecule has 3 rings (SSSR count). The maximum absolute atomic E-state index is 12.1. The van der Waals surface area contributed by atoms with Crippen LogP contribution < -0.4 is 5.32 Å². The molecule has 0 bridgehead atoms. The quantitative estimate of drug-likeness (QED) is 0.768. The van der Waals surface area contributed by atoms with E-state index in [1.165, 1.54) is 10.9 Å². The summed E-state index contributed by atoms with van der Waals surface area (Å²) >= 11 is 0. The Morgan fingerprint density at radius 1 is 1.29 bits per heavy atom. The number of anilines is 1. The number of pyridine rings is 1. The van der Waals surface area contributed by atoms with Crippen LogP contribution in [0.5, 0.6) is 0 Å². The summed E-state index contributed by atoms with van der Waals surface area (Å²) in [6, 6.07) is 9.95. The Labute approximate surface area is 123 Å². The highest BCUT2D eigenvalue weighted by atomic mass is 16.1. The van der Waals surface area contributed by atoms with Crippen LogP contribution >= 0.6 is 0 Å². The summed E-state index contributed by atoms with van der Waals surface area (Å²) in [4.78, 5) is 19.3. The number of amides is 1. The maximum Gasteiger partial charge on any atom is 0.224 e. The Balaban J connectivity index is 1.65. The highest BCUT2D eigenvalue weighted by molar-refractivity contribution is 5.92. The molecule has 0 aliphatic rings. The number of carbonyl (C=O) groups excluding carboxylic acids is 1. The summed E-state index contributed by atoms with van der Waals surface area (Å²) in [5.74, 6) is 0.0228. The van der Waals surface area contributed by atoms with Crippen LogP contribution in [-0.2, 0) is 11.2 Å². The van der Waals surface area contributed by atoms with Crippen molar-refractivity contribution in [3.63, 3.8) is 0 Å². The second-order valence-corrected chi connectivity index (χ2v) is 5.10. The van der Waals surface area contributed by atoms with Gasteiger partial charge in [-0.2, -0.15) is 0 Å². The monoisotopic (exact) mass is 279 g/mol. The lowest BCUT2D eigenvalue weighted by Gasteiger charge is -2.07. The first-order valence-electron chi connectivity index (χ1n) is 6.99. The summed E-state index contributed by atoms with van der Waals surface area (Å²) in [5.41, 5.74) is 4.08. The van der Waals surface area contributed by atoms with Gasteiger partial charge in [-0.05, 0) is 36.6 Å². The number of H-pyrrole nitrogens is 1. The van der Waals surface area contributed by atoms with Gasteiger partial charge in [0.05, 0.1) is 0 Å². The predicted molar refractivity (Wildman–Crippen MR) is 84.2 cm³/mol. The summed E-state index contributed by atoms with van der Waals surface area (Å²) in [7, 11) is 0. The first-order chi connectivity index (χ1) is 10.2. The fraction of sp³-hybridized carbons (Fsp3) is 0.176. The number of benzene rings is 1. The minimum absolute atomic E-state index is 0.0228. The number of nitrogens with zero attached hydrogens (tertiary/aromatic N) is 1. The van der Waals surface area contributed by atoms with Crippen molar-refractivity contribution < 1.29 is 4.79 Å². The number of aromatic amines is 1. The number of carbonyl (C=O) groups is 1. The normalized spacial score (nSPS) is 10.7. The van der Waals surface area contributed by atoms with Crippen molar-refractivity contribution in [2.75, 3.05) is 5.32 Å². The second kappa shape index (κ2) is 5.79. The molecule has 2 heterocycles. The lowest BCUT2D eigenvalue weighted by atomic mass is 10.1. The lowest BCUT2D eigenvalue weighted by molar-refractivity contribution is -0.116. The van der Waals surface area contributed by atoms with E-state index in [1.54, 1.807) is 12.4 Å². The van der Waals surface area contributed by atoms with E-state index in [2.05, 4.69) is 21.4 Å². The van der Waals surface area contributed by atoms with Crippen molar-refractivity contribution in [1.29, 1.82) is 0 Å². The largest absolute Gasteiger partial charge is 0.361 e. The smallest absolute Gasteiger partial charge is 0.224 e. The minimum Gasteiger partial charge on any atom is -0.361 e. The van der Waals surface area contributed by atoms with Crippen molar-refractivity contribution in [3.8, 4) is 0 Å². The average Bonchev–Trinajstić information content (AvgIpc) is 2.91. The van der Waals surface area contributed by atoms with Crippen molar-refractivity contribution in [3.05, 3.63) is 60.0 Å². The van der Waals surface area contributed by atoms with E-state index in [4.69, 9.17) is 0 Å². The molecule has 4 heteroatoms. The molecule has 0 saturated heterocycles. The van der Waals surface area contributed by atoms with Crippen molar-refractivity contribution in [2.24, 2.45) is 0 Å². The molecule has 106 valence electrons. The molecule has 1 aromatic carbocycles. The Morgan fingerprint density at radius 2 is 2.14 bits per heavy atom. The topological polar surface area (TPSA) is 57.8 Å². The number of rotatable bonds is 4. The van der Waals surface area contributed by atoms with Gasteiger partial charge in [-0.15, -0.1) is 0 Å². The molecular formula is C17H17N3O. The van der Waals surface area contributed by atoms with Gasteiger partial charge in [-0.3, -0.25) is 9.78 Å². The molecular weight excluding hydrogens is 262 g/mol. The predicted octanol–water partition coefficient (Wildman–Crippen LogP) is 3.44. The van der Waals surface area contributed by atoms with Crippen molar-refractivity contribution >= 4 is 22.5 Å². The molecule has 1 amide bonds. The number of nitrogens with one attached hydrogen (secondary N) is 2. The van der Waals surface area contributed by atoms with Gasteiger partial charge in [0.2, 0.25) is 5.91 Å². The van der Waals surface area contributed by atoms with Gasteiger partial charge in [0.25, 0.3) is 0 Å². The van der Waals surface area contributed by atoms with E-state index in [-0.39, 0.29) is 5.91 Å². The number of aryl methyl sites for hydroxylation is 2. The van der Waals surface area contributed by atoms with E-state index in [1.807, 2.05) is 37.4 Å². The van der Waals surface area contributed by atoms with E-state index < -0.39 is 0 Å². The second-order valence-electron chi connectivity index (χ2n) is 5.10. The number of aromatic nitrogens is 2. The van der Waals surface area contributed by atoms with Crippen LogP contribution in [0.2, 0.25) is 0 Å². The highest BCUT2D eigenvalue weighted by Crippen LogP contribution is 2.19. The Morgan fingerprint density at radius 3 is 3.00 bits per heavy atom. The number of hydrogen-bond donors (Lipinski definition) is 2. The molecule has 0 aliphatic heterocycles. The molecule has 2 aromatic heterocycles. The fourth-order valence-corrected chi connectivity index (χ4v) is 2.41. The zero-order valence-electron chi connectivity index (χ0n) is 11.9. The zero-order valence-corrected chi connectivity index (χ0v) is 11.9. The van der Waals surface area contributed by atoms with E-state index >= 15 is 0 Å². The van der Waals surface area contributed by atoms with Crippen LogP contribution in [0.25, 0.3) is 10.9 Å². The van der Waals surface area contributed by atoms with Crippen LogP contribution in [0, 0.1) is 6.92 Å².